The van der Waals surface area contributed by atoms with Crippen LogP contribution < -0.4 is 51.4 Å². The molecule has 1 unspecified atom stereocenters. The predicted molar refractivity (Wildman–Crippen MR) is 164 cm³/mol. The Kier molecular flexibility index (Phi) is 26.9. The van der Waals surface area contributed by atoms with Crippen molar-refractivity contribution in [1.29, 1.82) is 0 Å². The van der Waals surface area contributed by atoms with E-state index in [1.807, 2.05) is 0 Å². The molecule has 0 amide bonds. The third kappa shape index (κ3) is 21.4. The van der Waals surface area contributed by atoms with Gasteiger partial charge in [0.15, 0.2) is 0 Å². The number of benzene rings is 1. The molecule has 1 rings (SSSR count). The van der Waals surface area contributed by atoms with Crippen molar-refractivity contribution in [1.82, 2.24) is 0 Å². The van der Waals surface area contributed by atoms with Gasteiger partial charge in [0.05, 0.1) is 23.0 Å². The van der Waals surface area contributed by atoms with Crippen molar-refractivity contribution in [2.24, 2.45) is 0 Å². The Morgan fingerprint density at radius 3 is 1.33 bits per heavy atom. The van der Waals surface area contributed by atoms with E-state index in [-0.39, 0.29) is 69.1 Å². The monoisotopic (exact) mass is 634 g/mol. The Morgan fingerprint density at radius 2 is 0.976 bits per heavy atom. The maximum Gasteiger partial charge on any atom is 1.00 e. The first-order valence-electron chi connectivity index (χ1n) is 16.1. The summed E-state index contributed by atoms with van der Waals surface area (Å²) in [6.07, 6.45) is 26.0. The number of carbonyl (C=O) groups excluding carboxylic acids is 2. The van der Waals surface area contributed by atoms with Gasteiger partial charge in [-0.05, 0) is 25.5 Å². The van der Waals surface area contributed by atoms with Gasteiger partial charge in [-0.2, -0.15) is 0 Å². The van der Waals surface area contributed by atoms with E-state index in [4.69, 9.17) is 9.47 Å². The van der Waals surface area contributed by atoms with Crippen LogP contribution in [0, 0.1) is 0 Å². The van der Waals surface area contributed by atoms with E-state index in [2.05, 4.69) is 6.92 Å². The third-order valence-corrected chi connectivity index (χ3v) is 8.66. The molecule has 0 radical (unpaired) electrons. The minimum absolute atomic E-state index is 0. The maximum absolute atomic E-state index is 12.5. The first kappa shape index (κ1) is 41.7. The average molecular weight is 635 g/mol. The van der Waals surface area contributed by atoms with Gasteiger partial charge in [-0.3, -0.25) is 0 Å². The molecular weight excluding hydrogens is 580 g/mol. The van der Waals surface area contributed by atoms with Crippen LogP contribution in [-0.4, -0.2) is 43.4 Å². The van der Waals surface area contributed by atoms with Crippen molar-refractivity contribution in [2.75, 3.05) is 13.2 Å². The van der Waals surface area contributed by atoms with E-state index in [0.717, 1.165) is 26.2 Å². The smallest absolute Gasteiger partial charge is 0.748 e. The molecule has 1 aromatic rings. The fraction of sp³-hybridized carbons (Fsp3) is 0.758. The van der Waals surface area contributed by atoms with E-state index in [9.17, 15) is 22.6 Å². The SMILES string of the molecule is CCCCCCCCCCCCCCCCCCCCCCOC(=O)c1ccccc1C(=O)OCC(C)S(=O)(=O)[O-].[K+]. The molecule has 0 spiro atoms. The molecule has 42 heavy (non-hydrogen) atoms. The summed E-state index contributed by atoms with van der Waals surface area (Å²) in [6, 6.07) is 6.05. The quantitative estimate of drug-likeness (QED) is 0.0552. The van der Waals surface area contributed by atoms with Crippen LogP contribution in [0.4, 0.5) is 0 Å². The van der Waals surface area contributed by atoms with Crippen molar-refractivity contribution in [3.63, 3.8) is 0 Å². The second-order valence-electron chi connectivity index (χ2n) is 11.3. The van der Waals surface area contributed by atoms with Gasteiger partial charge in [-0.1, -0.05) is 141 Å². The maximum atomic E-state index is 12.5. The van der Waals surface area contributed by atoms with E-state index >= 15 is 0 Å². The summed E-state index contributed by atoms with van der Waals surface area (Å²) in [5.41, 5.74) is 0.0415. The van der Waals surface area contributed by atoms with Crippen LogP contribution in [0.2, 0.25) is 0 Å². The molecule has 1 aromatic carbocycles. The molecule has 236 valence electrons. The van der Waals surface area contributed by atoms with Gasteiger partial charge < -0.3 is 14.0 Å². The van der Waals surface area contributed by atoms with E-state index in [1.54, 1.807) is 12.1 Å². The number of esters is 2. The average Bonchev–Trinajstić information content (AvgIpc) is 2.95. The van der Waals surface area contributed by atoms with Gasteiger partial charge in [0.25, 0.3) is 0 Å². The normalized spacial score (nSPS) is 12.0. The number of ether oxygens (including phenoxy) is 2. The second kappa shape index (κ2) is 27.1. The minimum atomic E-state index is -4.56. The van der Waals surface area contributed by atoms with Gasteiger partial charge in [-0.25, -0.2) is 18.0 Å². The van der Waals surface area contributed by atoms with Gasteiger partial charge in [0.2, 0.25) is 0 Å². The summed E-state index contributed by atoms with van der Waals surface area (Å²) in [4.78, 5) is 24.8. The molecule has 0 aliphatic heterocycles. The Balaban J connectivity index is 0.0000168. The molecule has 0 saturated heterocycles. The summed E-state index contributed by atoms with van der Waals surface area (Å²) in [5.74, 6) is -1.49. The van der Waals surface area contributed by atoms with Crippen molar-refractivity contribution in [2.45, 2.75) is 148 Å². The molecule has 0 aliphatic carbocycles. The molecule has 0 aromatic heterocycles. The minimum Gasteiger partial charge on any atom is -0.748 e. The number of rotatable bonds is 26. The molecule has 1 atom stereocenters. The van der Waals surface area contributed by atoms with Crippen molar-refractivity contribution in [3.05, 3.63) is 35.4 Å². The largest absolute Gasteiger partial charge is 1.00 e. The first-order chi connectivity index (χ1) is 19.8. The van der Waals surface area contributed by atoms with Crippen LogP contribution in [0.25, 0.3) is 0 Å². The topological polar surface area (TPSA) is 110 Å². The van der Waals surface area contributed by atoms with E-state index in [0.29, 0.717) is 0 Å². The van der Waals surface area contributed by atoms with Gasteiger partial charge in [0, 0.05) is 0 Å². The first-order valence-corrected chi connectivity index (χ1v) is 17.6. The Morgan fingerprint density at radius 1 is 0.643 bits per heavy atom. The van der Waals surface area contributed by atoms with Gasteiger partial charge in [0.1, 0.15) is 16.7 Å². The summed E-state index contributed by atoms with van der Waals surface area (Å²) >= 11 is 0. The van der Waals surface area contributed by atoms with Gasteiger partial charge in [-0.15, -0.1) is 0 Å². The molecule has 0 saturated carbocycles. The van der Waals surface area contributed by atoms with Crippen LogP contribution in [0.1, 0.15) is 163 Å². The molecule has 7 nitrogen and oxygen atoms in total. The Labute approximate surface area is 298 Å². The number of carbonyl (C=O) groups is 2. The summed E-state index contributed by atoms with van der Waals surface area (Å²) in [7, 11) is -4.56. The Bertz CT molecular complexity index is 936. The van der Waals surface area contributed by atoms with Crippen molar-refractivity contribution in [3.8, 4) is 0 Å². The van der Waals surface area contributed by atoms with Crippen molar-refractivity contribution >= 4 is 22.1 Å². The summed E-state index contributed by atoms with van der Waals surface area (Å²) in [6.45, 7) is 3.13. The fourth-order valence-electron chi connectivity index (χ4n) is 4.79. The summed E-state index contributed by atoms with van der Waals surface area (Å²) < 4.78 is 43.3. The molecule has 0 fully saturated rings. The predicted octanol–water partition coefficient (Wildman–Crippen LogP) is 5.76. The van der Waals surface area contributed by atoms with Gasteiger partial charge >= 0.3 is 63.3 Å². The molecule has 0 N–H and O–H groups in total. The van der Waals surface area contributed by atoms with Crippen LogP contribution in [0.15, 0.2) is 24.3 Å². The zero-order chi connectivity index (χ0) is 30.2. The molecule has 9 heteroatoms. The number of unbranched alkanes of at least 4 members (excludes halogenated alkanes) is 19. The van der Waals surface area contributed by atoms with E-state index in [1.165, 1.54) is 121 Å². The van der Waals surface area contributed by atoms with Crippen LogP contribution in [0.5, 0.6) is 0 Å². The van der Waals surface area contributed by atoms with E-state index < -0.39 is 33.9 Å². The van der Waals surface area contributed by atoms with Crippen LogP contribution in [0.3, 0.4) is 0 Å². The third-order valence-electron chi connectivity index (χ3n) is 7.54. The number of hydrogen-bond donors (Lipinski definition) is 0. The Hall–Kier alpha value is -0.294. The molecular formula is C33H55KO7S. The van der Waals surface area contributed by atoms with Crippen LogP contribution in [-0.2, 0) is 19.6 Å². The number of hydrogen-bond acceptors (Lipinski definition) is 7. The molecule has 0 heterocycles. The zero-order valence-corrected chi connectivity index (χ0v) is 30.6. The zero-order valence-electron chi connectivity index (χ0n) is 26.7. The van der Waals surface area contributed by atoms with Crippen molar-refractivity contribution < 1.29 is 83.4 Å². The molecule has 0 aliphatic rings. The molecule has 0 bridgehead atoms. The summed E-state index contributed by atoms with van der Waals surface area (Å²) in [5, 5.41) is -1.37. The van der Waals surface area contributed by atoms with Crippen LogP contribution >= 0.6 is 0 Å². The standard InChI is InChI=1S/C33H56O7S.K/c1-3-4-5-6-7-8-9-10-11-12-13-14-15-16-17-18-19-20-21-24-27-39-32(34)30-25-22-23-26-31(30)33(35)40-28-29(2)41(36,37)38;/h22-23,25-26,29H,3-21,24,27-28H2,1-2H3,(H,36,37,38);/q;+1/p-1. The second-order valence-corrected chi connectivity index (χ2v) is 13.1. The fourth-order valence-corrected chi connectivity index (χ4v) is 5.03.